The molecule has 1 heterocycles. The van der Waals surface area contributed by atoms with Crippen molar-refractivity contribution in [3.63, 3.8) is 0 Å². The second-order valence-electron chi connectivity index (χ2n) is 4.73. The highest BCUT2D eigenvalue weighted by atomic mass is 16.2. The molecule has 1 amide bonds. The van der Waals surface area contributed by atoms with Crippen molar-refractivity contribution >= 4 is 12.2 Å². The van der Waals surface area contributed by atoms with Crippen molar-refractivity contribution in [2.75, 3.05) is 33.7 Å². The van der Waals surface area contributed by atoms with E-state index in [1.54, 1.807) is 19.0 Å². The fourth-order valence-electron chi connectivity index (χ4n) is 2.08. The van der Waals surface area contributed by atoms with Gasteiger partial charge < -0.3 is 14.6 Å². The third-order valence-corrected chi connectivity index (χ3v) is 3.10. The molecule has 4 heteroatoms. The summed E-state index contributed by atoms with van der Waals surface area (Å²) in [5.74, 6) is 0.391. The predicted octanol–water partition coefficient (Wildman–Crippen LogP) is 0.766. The minimum atomic E-state index is 0.184. The van der Waals surface area contributed by atoms with E-state index in [-0.39, 0.29) is 11.8 Å². The molecule has 1 saturated heterocycles. The molecule has 0 spiro atoms. The average Bonchev–Trinajstić information content (AvgIpc) is 2.29. The van der Waals surface area contributed by atoms with E-state index < -0.39 is 0 Å². The van der Waals surface area contributed by atoms with E-state index >= 15 is 0 Å². The van der Waals surface area contributed by atoms with Crippen LogP contribution < -0.4 is 0 Å². The summed E-state index contributed by atoms with van der Waals surface area (Å²) in [5, 5.41) is 0. The van der Waals surface area contributed by atoms with Gasteiger partial charge in [0.15, 0.2) is 0 Å². The lowest BCUT2D eigenvalue weighted by Gasteiger charge is -2.30. The van der Waals surface area contributed by atoms with Crippen LogP contribution in [-0.2, 0) is 9.59 Å². The van der Waals surface area contributed by atoms with Crippen LogP contribution in [0.2, 0.25) is 0 Å². The van der Waals surface area contributed by atoms with Crippen molar-refractivity contribution in [2.24, 2.45) is 5.92 Å². The van der Waals surface area contributed by atoms with Gasteiger partial charge in [0.2, 0.25) is 5.91 Å². The molecule has 1 unspecified atom stereocenters. The summed E-state index contributed by atoms with van der Waals surface area (Å²) in [4.78, 5) is 26.0. The lowest BCUT2D eigenvalue weighted by Crippen LogP contribution is -2.37. The average molecular weight is 226 g/mol. The lowest BCUT2D eigenvalue weighted by molar-refractivity contribution is -0.128. The molecule has 0 aromatic rings. The molecule has 1 rings (SSSR count). The molecule has 16 heavy (non-hydrogen) atoms. The maximum absolute atomic E-state index is 11.4. The van der Waals surface area contributed by atoms with Gasteiger partial charge in [-0.15, -0.1) is 0 Å². The summed E-state index contributed by atoms with van der Waals surface area (Å²) in [6.07, 6.45) is 4.69. The third kappa shape index (κ3) is 4.31. The number of carbonyl (C=O) groups excluding carboxylic acids is 2. The first-order chi connectivity index (χ1) is 7.63. The van der Waals surface area contributed by atoms with Gasteiger partial charge >= 0.3 is 0 Å². The second-order valence-corrected chi connectivity index (χ2v) is 4.73. The van der Waals surface area contributed by atoms with Gasteiger partial charge in [0.1, 0.15) is 6.29 Å². The molecular formula is C12H22N2O2. The Bertz CT molecular complexity index is 241. The third-order valence-electron chi connectivity index (χ3n) is 3.10. The Morgan fingerprint density at radius 1 is 1.50 bits per heavy atom. The molecule has 0 aromatic heterocycles. The van der Waals surface area contributed by atoms with Gasteiger partial charge in [-0.05, 0) is 32.4 Å². The quantitative estimate of drug-likeness (QED) is 0.650. The van der Waals surface area contributed by atoms with Gasteiger partial charge in [-0.1, -0.05) is 0 Å². The minimum Gasteiger partial charge on any atom is -0.349 e. The van der Waals surface area contributed by atoms with Crippen LogP contribution in [-0.4, -0.2) is 55.7 Å². The van der Waals surface area contributed by atoms with E-state index in [9.17, 15) is 9.59 Å². The van der Waals surface area contributed by atoms with Gasteiger partial charge in [0, 0.05) is 33.0 Å². The minimum absolute atomic E-state index is 0.184. The monoisotopic (exact) mass is 226 g/mol. The summed E-state index contributed by atoms with van der Waals surface area (Å²) >= 11 is 0. The smallest absolute Gasteiger partial charge is 0.222 e. The summed E-state index contributed by atoms with van der Waals surface area (Å²) in [7, 11) is 3.57. The molecule has 92 valence electrons. The fraction of sp³-hybridized carbons (Fsp3) is 0.833. The standard InChI is InChI=1S/C12H22N2O2/c1-13(2)12(16)6-4-8-14-7-3-5-11(9-14)10-15/h10-11H,3-9H2,1-2H3. The molecule has 0 aromatic carbocycles. The Labute approximate surface area is 97.6 Å². The van der Waals surface area contributed by atoms with Crippen molar-refractivity contribution < 1.29 is 9.59 Å². The van der Waals surface area contributed by atoms with Crippen LogP contribution in [0.15, 0.2) is 0 Å². The summed E-state index contributed by atoms with van der Waals surface area (Å²) in [6, 6.07) is 0. The second kappa shape index (κ2) is 6.63. The van der Waals surface area contributed by atoms with Gasteiger partial charge in [-0.25, -0.2) is 0 Å². The number of piperidine rings is 1. The number of nitrogens with zero attached hydrogens (tertiary/aromatic N) is 2. The number of hydrogen-bond donors (Lipinski definition) is 0. The van der Waals surface area contributed by atoms with E-state index in [1.807, 2.05) is 0 Å². The molecule has 0 aliphatic carbocycles. The normalized spacial score (nSPS) is 21.8. The molecule has 0 radical (unpaired) electrons. The van der Waals surface area contributed by atoms with E-state index in [0.717, 1.165) is 45.2 Å². The Morgan fingerprint density at radius 3 is 2.88 bits per heavy atom. The number of carbonyl (C=O) groups is 2. The zero-order chi connectivity index (χ0) is 12.0. The molecule has 1 atom stereocenters. The van der Waals surface area contributed by atoms with Crippen molar-refractivity contribution in [1.29, 1.82) is 0 Å². The Hall–Kier alpha value is -0.900. The van der Waals surface area contributed by atoms with Crippen LogP contribution in [0.1, 0.15) is 25.7 Å². The van der Waals surface area contributed by atoms with E-state index in [4.69, 9.17) is 0 Å². The fourth-order valence-corrected chi connectivity index (χ4v) is 2.08. The molecule has 4 nitrogen and oxygen atoms in total. The molecule has 1 aliphatic heterocycles. The first-order valence-corrected chi connectivity index (χ1v) is 6.01. The van der Waals surface area contributed by atoms with Crippen LogP contribution in [0.25, 0.3) is 0 Å². The number of likely N-dealkylation sites (tertiary alicyclic amines) is 1. The molecule has 1 aliphatic rings. The van der Waals surface area contributed by atoms with E-state index in [0.29, 0.717) is 6.42 Å². The van der Waals surface area contributed by atoms with Gasteiger partial charge in [0.25, 0.3) is 0 Å². The van der Waals surface area contributed by atoms with Crippen LogP contribution in [0.4, 0.5) is 0 Å². The van der Waals surface area contributed by atoms with Crippen molar-refractivity contribution in [3.05, 3.63) is 0 Å². The Kier molecular flexibility index (Phi) is 5.46. The van der Waals surface area contributed by atoms with Crippen LogP contribution in [0.3, 0.4) is 0 Å². The largest absolute Gasteiger partial charge is 0.349 e. The summed E-state index contributed by atoms with van der Waals surface area (Å²) in [6.45, 7) is 2.88. The van der Waals surface area contributed by atoms with Crippen LogP contribution in [0.5, 0.6) is 0 Å². The number of hydrogen-bond acceptors (Lipinski definition) is 3. The van der Waals surface area contributed by atoms with Gasteiger partial charge in [-0.3, -0.25) is 4.79 Å². The van der Waals surface area contributed by atoms with Gasteiger partial charge in [-0.2, -0.15) is 0 Å². The number of amides is 1. The number of aldehydes is 1. The first kappa shape index (κ1) is 13.2. The SMILES string of the molecule is CN(C)C(=O)CCCN1CCCC(C=O)C1. The molecule has 0 saturated carbocycles. The first-order valence-electron chi connectivity index (χ1n) is 6.01. The Balaban J connectivity index is 2.17. The highest BCUT2D eigenvalue weighted by molar-refractivity contribution is 5.75. The van der Waals surface area contributed by atoms with Gasteiger partial charge in [0.05, 0.1) is 0 Å². The maximum atomic E-state index is 11.4. The molecule has 1 fully saturated rings. The van der Waals surface area contributed by atoms with E-state index in [1.165, 1.54) is 0 Å². The number of rotatable bonds is 5. The van der Waals surface area contributed by atoms with Crippen molar-refractivity contribution in [2.45, 2.75) is 25.7 Å². The zero-order valence-electron chi connectivity index (χ0n) is 10.3. The topological polar surface area (TPSA) is 40.6 Å². The highest BCUT2D eigenvalue weighted by Crippen LogP contribution is 2.14. The summed E-state index contributed by atoms with van der Waals surface area (Å²) in [5.41, 5.74) is 0. The molecule has 0 bridgehead atoms. The van der Waals surface area contributed by atoms with Crippen LogP contribution in [0, 0.1) is 5.92 Å². The highest BCUT2D eigenvalue weighted by Gasteiger charge is 2.18. The summed E-state index contributed by atoms with van der Waals surface area (Å²) < 4.78 is 0. The Morgan fingerprint density at radius 2 is 2.25 bits per heavy atom. The predicted molar refractivity (Wildman–Crippen MR) is 63.2 cm³/mol. The molecular weight excluding hydrogens is 204 g/mol. The van der Waals surface area contributed by atoms with Crippen LogP contribution >= 0.6 is 0 Å². The van der Waals surface area contributed by atoms with Crippen molar-refractivity contribution in [1.82, 2.24) is 9.80 Å². The van der Waals surface area contributed by atoms with Crippen molar-refractivity contribution in [3.8, 4) is 0 Å². The molecule has 0 N–H and O–H groups in total. The van der Waals surface area contributed by atoms with E-state index in [2.05, 4.69) is 4.90 Å². The lowest BCUT2D eigenvalue weighted by atomic mass is 9.99. The zero-order valence-corrected chi connectivity index (χ0v) is 10.3. The maximum Gasteiger partial charge on any atom is 0.222 e.